The van der Waals surface area contributed by atoms with E-state index in [2.05, 4.69) is 56.6 Å². The van der Waals surface area contributed by atoms with Crippen molar-refractivity contribution < 1.29 is 4.43 Å². The van der Waals surface area contributed by atoms with Crippen LogP contribution in [0.4, 0.5) is 0 Å². The smallest absolute Gasteiger partial charge is 0.242 e. The normalized spacial score (nSPS) is 12.0. The lowest BCUT2D eigenvalue weighted by molar-refractivity contribution is 0.449. The molecule has 0 fully saturated rings. The lowest BCUT2D eigenvalue weighted by atomic mass is 10.0. The van der Waals surface area contributed by atoms with Gasteiger partial charge in [0.15, 0.2) is 0 Å². The van der Waals surface area contributed by atoms with Crippen molar-refractivity contribution in [2.75, 3.05) is 0 Å². The maximum Gasteiger partial charge on any atom is 0.242 e. The van der Waals surface area contributed by atoms with E-state index in [-0.39, 0.29) is 0 Å². The SMILES string of the molecule is C=C(O[Si](C)(C)C)/C(=C\c1ccccc1)c1ccccc1. The van der Waals surface area contributed by atoms with Gasteiger partial charge in [0.2, 0.25) is 8.32 Å². The topological polar surface area (TPSA) is 9.23 Å². The van der Waals surface area contributed by atoms with Gasteiger partial charge in [-0.2, -0.15) is 0 Å². The van der Waals surface area contributed by atoms with Crippen LogP contribution in [0, 0.1) is 0 Å². The summed E-state index contributed by atoms with van der Waals surface area (Å²) >= 11 is 0. The van der Waals surface area contributed by atoms with Crippen molar-refractivity contribution in [2.24, 2.45) is 0 Å². The maximum absolute atomic E-state index is 6.10. The average Bonchev–Trinajstić information content (AvgIpc) is 2.45. The molecule has 0 spiro atoms. The van der Waals surface area contributed by atoms with Crippen LogP contribution in [-0.4, -0.2) is 8.32 Å². The molecule has 0 aliphatic carbocycles. The third-order valence-electron chi connectivity index (χ3n) is 2.93. The second-order valence-electron chi connectivity index (χ2n) is 5.97. The summed E-state index contributed by atoms with van der Waals surface area (Å²) in [6.45, 7) is 10.7. The summed E-state index contributed by atoms with van der Waals surface area (Å²) in [5, 5.41) is 0. The van der Waals surface area contributed by atoms with Gasteiger partial charge in [0, 0.05) is 5.57 Å². The molecule has 0 N–H and O–H groups in total. The van der Waals surface area contributed by atoms with Gasteiger partial charge in [-0.05, 0) is 36.8 Å². The molecular formula is C19H22OSi. The Morgan fingerprint density at radius 1 is 0.905 bits per heavy atom. The summed E-state index contributed by atoms with van der Waals surface area (Å²) in [5.74, 6) is 0.754. The van der Waals surface area contributed by atoms with Crippen LogP contribution in [0.5, 0.6) is 0 Å². The summed E-state index contributed by atoms with van der Waals surface area (Å²) in [4.78, 5) is 0. The Kier molecular flexibility index (Phi) is 4.81. The van der Waals surface area contributed by atoms with Crippen LogP contribution in [0.15, 0.2) is 73.0 Å². The summed E-state index contributed by atoms with van der Waals surface area (Å²) in [6, 6.07) is 20.5. The predicted octanol–water partition coefficient (Wildman–Crippen LogP) is 5.59. The Morgan fingerprint density at radius 2 is 1.43 bits per heavy atom. The number of benzene rings is 2. The highest BCUT2D eigenvalue weighted by atomic mass is 28.4. The number of hydrogen-bond acceptors (Lipinski definition) is 1. The van der Waals surface area contributed by atoms with E-state index in [0.717, 1.165) is 22.5 Å². The first-order valence-corrected chi connectivity index (χ1v) is 10.6. The van der Waals surface area contributed by atoms with E-state index in [4.69, 9.17) is 4.43 Å². The van der Waals surface area contributed by atoms with Crippen LogP contribution in [0.25, 0.3) is 11.6 Å². The Morgan fingerprint density at radius 3 is 1.95 bits per heavy atom. The molecule has 2 heteroatoms. The zero-order chi connectivity index (χ0) is 15.3. The Labute approximate surface area is 128 Å². The van der Waals surface area contributed by atoms with Crippen LogP contribution in [0.1, 0.15) is 11.1 Å². The van der Waals surface area contributed by atoms with Crippen LogP contribution >= 0.6 is 0 Å². The molecule has 0 radical (unpaired) electrons. The van der Waals surface area contributed by atoms with Crippen molar-refractivity contribution in [1.82, 2.24) is 0 Å². The molecule has 0 aromatic heterocycles. The predicted molar refractivity (Wildman–Crippen MR) is 94.3 cm³/mol. The molecule has 0 aliphatic rings. The van der Waals surface area contributed by atoms with Gasteiger partial charge in [-0.3, -0.25) is 0 Å². The van der Waals surface area contributed by atoms with E-state index in [1.165, 1.54) is 0 Å². The van der Waals surface area contributed by atoms with Crippen LogP contribution in [0.3, 0.4) is 0 Å². The first-order valence-electron chi connectivity index (χ1n) is 7.16. The Hall–Kier alpha value is -2.06. The van der Waals surface area contributed by atoms with Crippen LogP contribution in [0.2, 0.25) is 19.6 Å². The van der Waals surface area contributed by atoms with Crippen molar-refractivity contribution in [3.63, 3.8) is 0 Å². The van der Waals surface area contributed by atoms with Crippen molar-refractivity contribution in [1.29, 1.82) is 0 Å². The highest BCUT2D eigenvalue weighted by Crippen LogP contribution is 2.27. The quantitative estimate of drug-likeness (QED) is 0.302. The van der Waals surface area contributed by atoms with Gasteiger partial charge in [0.05, 0.1) is 0 Å². The minimum atomic E-state index is -1.67. The summed E-state index contributed by atoms with van der Waals surface area (Å²) in [7, 11) is -1.67. The standard InChI is InChI=1S/C19H22OSi/c1-16(20-21(2,3)4)19(18-13-9-6-10-14-18)15-17-11-7-5-8-12-17/h5-15H,1H2,2-4H3/b19-15+. The van der Waals surface area contributed by atoms with E-state index in [0.29, 0.717) is 0 Å². The highest BCUT2D eigenvalue weighted by molar-refractivity contribution is 6.70. The monoisotopic (exact) mass is 294 g/mol. The van der Waals surface area contributed by atoms with E-state index < -0.39 is 8.32 Å². The lowest BCUT2D eigenvalue weighted by Gasteiger charge is -2.23. The Bertz CT molecular complexity index is 622. The molecule has 0 atom stereocenters. The molecule has 2 rings (SSSR count). The van der Waals surface area contributed by atoms with E-state index in [1.54, 1.807) is 0 Å². The molecule has 1 nitrogen and oxygen atoms in total. The molecule has 2 aromatic carbocycles. The number of rotatable bonds is 5. The molecule has 0 saturated heterocycles. The van der Waals surface area contributed by atoms with Gasteiger partial charge in [-0.25, -0.2) is 0 Å². The van der Waals surface area contributed by atoms with E-state index >= 15 is 0 Å². The first kappa shape index (κ1) is 15.3. The van der Waals surface area contributed by atoms with Crippen molar-refractivity contribution in [3.05, 3.63) is 84.1 Å². The van der Waals surface area contributed by atoms with Gasteiger partial charge in [-0.1, -0.05) is 67.2 Å². The fraction of sp³-hybridized carbons (Fsp3) is 0.158. The largest absolute Gasteiger partial charge is 0.544 e. The lowest BCUT2D eigenvalue weighted by Crippen LogP contribution is -2.24. The molecule has 0 bridgehead atoms. The van der Waals surface area contributed by atoms with Crippen molar-refractivity contribution in [3.8, 4) is 0 Å². The molecule has 0 amide bonds. The molecule has 0 aliphatic heterocycles. The van der Waals surface area contributed by atoms with Crippen LogP contribution in [-0.2, 0) is 4.43 Å². The second-order valence-corrected chi connectivity index (χ2v) is 10.4. The van der Waals surface area contributed by atoms with Gasteiger partial charge >= 0.3 is 0 Å². The molecule has 0 saturated carbocycles. The molecule has 0 unspecified atom stereocenters. The average molecular weight is 294 g/mol. The number of allylic oxidation sites excluding steroid dienone is 1. The second kappa shape index (κ2) is 6.59. The van der Waals surface area contributed by atoms with Crippen LogP contribution < -0.4 is 0 Å². The fourth-order valence-corrected chi connectivity index (χ4v) is 2.93. The van der Waals surface area contributed by atoms with E-state index in [9.17, 15) is 0 Å². The van der Waals surface area contributed by atoms with Crippen molar-refractivity contribution in [2.45, 2.75) is 19.6 Å². The molecule has 2 aromatic rings. The molecule has 21 heavy (non-hydrogen) atoms. The fourth-order valence-electron chi connectivity index (χ4n) is 2.08. The van der Waals surface area contributed by atoms with Gasteiger partial charge < -0.3 is 4.43 Å². The minimum absolute atomic E-state index is 0.754. The van der Waals surface area contributed by atoms with Gasteiger partial charge in [0.25, 0.3) is 0 Å². The minimum Gasteiger partial charge on any atom is -0.544 e. The zero-order valence-corrected chi connectivity index (χ0v) is 14.0. The first-order chi connectivity index (χ1) is 9.96. The number of hydrogen-bond donors (Lipinski definition) is 0. The zero-order valence-electron chi connectivity index (χ0n) is 13.0. The highest BCUT2D eigenvalue weighted by Gasteiger charge is 2.19. The summed E-state index contributed by atoms with van der Waals surface area (Å²) in [6.07, 6.45) is 2.14. The van der Waals surface area contributed by atoms with Gasteiger partial charge in [-0.15, -0.1) is 0 Å². The molecule has 108 valence electrons. The van der Waals surface area contributed by atoms with Gasteiger partial charge in [0.1, 0.15) is 5.76 Å². The molecular weight excluding hydrogens is 272 g/mol. The maximum atomic E-state index is 6.10. The Balaban J connectivity index is 2.41. The molecule has 0 heterocycles. The summed E-state index contributed by atoms with van der Waals surface area (Å²) < 4.78 is 6.10. The third-order valence-corrected chi connectivity index (χ3v) is 3.78. The van der Waals surface area contributed by atoms with E-state index in [1.807, 2.05) is 36.4 Å². The summed E-state index contributed by atoms with van der Waals surface area (Å²) in [5.41, 5.74) is 3.32. The third kappa shape index (κ3) is 4.76. The van der Waals surface area contributed by atoms with Crippen molar-refractivity contribution >= 4 is 20.0 Å².